The first-order valence-electron chi connectivity index (χ1n) is 11.8. The lowest BCUT2D eigenvalue weighted by Gasteiger charge is -2.16. The number of anilines is 2. The number of aromatic nitrogens is 3. The molecule has 0 radical (unpaired) electrons. The summed E-state index contributed by atoms with van der Waals surface area (Å²) in [7, 11) is 0. The summed E-state index contributed by atoms with van der Waals surface area (Å²) in [5, 5.41) is 20.8. The van der Waals surface area contributed by atoms with Gasteiger partial charge in [-0.05, 0) is 57.9 Å². The third kappa shape index (κ3) is 5.60. The van der Waals surface area contributed by atoms with Crippen LogP contribution in [0.5, 0.6) is 11.5 Å². The summed E-state index contributed by atoms with van der Waals surface area (Å²) in [6, 6.07) is 24.7. The summed E-state index contributed by atoms with van der Waals surface area (Å²) in [4.78, 5) is 17.2. The number of phenols is 1. The highest BCUT2D eigenvalue weighted by atomic mass is 79.9. The molecule has 2 aromatic heterocycles. The van der Waals surface area contributed by atoms with Crippen molar-refractivity contribution in [2.45, 2.75) is 12.6 Å². The molecule has 5 aromatic rings. The van der Waals surface area contributed by atoms with Crippen molar-refractivity contribution in [1.29, 1.82) is 0 Å². The lowest BCUT2D eigenvalue weighted by molar-refractivity contribution is -0.123. The number of hydrogen-bond acceptors (Lipinski definition) is 6. The van der Waals surface area contributed by atoms with Crippen LogP contribution in [-0.4, -0.2) is 38.4 Å². The van der Waals surface area contributed by atoms with Crippen LogP contribution in [0.2, 0.25) is 0 Å². The maximum atomic E-state index is 13.5. The van der Waals surface area contributed by atoms with Crippen LogP contribution in [0, 0.1) is 0 Å². The van der Waals surface area contributed by atoms with Gasteiger partial charge in [-0.25, -0.2) is 9.37 Å². The number of para-hydroxylation sites is 2. The van der Waals surface area contributed by atoms with Crippen LogP contribution in [0.4, 0.5) is 15.9 Å². The van der Waals surface area contributed by atoms with Crippen molar-refractivity contribution < 1.29 is 19.0 Å². The number of alkyl halides is 1. The monoisotopic (exact) mass is 575 g/mol. The van der Waals surface area contributed by atoms with Crippen LogP contribution in [0.1, 0.15) is 5.56 Å². The van der Waals surface area contributed by atoms with Gasteiger partial charge in [0.05, 0.1) is 16.4 Å². The normalized spacial score (nSPS) is 11.7. The van der Waals surface area contributed by atoms with E-state index in [2.05, 4.69) is 36.6 Å². The first-order chi connectivity index (χ1) is 18.5. The molecule has 10 heteroatoms. The third-order valence-electron chi connectivity index (χ3n) is 5.76. The number of nitrogens with one attached hydrogen (secondary N) is 2. The summed E-state index contributed by atoms with van der Waals surface area (Å²) >= 11 is 3.48. The number of hydrogen-bond donors (Lipinski definition) is 3. The number of nitrogens with zero attached hydrogens (tertiary/aromatic N) is 3. The van der Waals surface area contributed by atoms with E-state index in [1.807, 2.05) is 30.3 Å². The van der Waals surface area contributed by atoms with Crippen molar-refractivity contribution in [1.82, 2.24) is 14.6 Å². The molecule has 38 heavy (non-hydrogen) atoms. The predicted octanol–water partition coefficient (Wildman–Crippen LogP) is 5.83. The van der Waals surface area contributed by atoms with E-state index in [-0.39, 0.29) is 5.75 Å². The van der Waals surface area contributed by atoms with E-state index in [1.54, 1.807) is 65.3 Å². The molecule has 5 rings (SSSR count). The second-order valence-electron chi connectivity index (χ2n) is 8.39. The highest BCUT2D eigenvalue weighted by molar-refractivity contribution is 9.10. The molecular formula is C28H23BrFN5O3. The van der Waals surface area contributed by atoms with Gasteiger partial charge in [-0.15, -0.1) is 0 Å². The van der Waals surface area contributed by atoms with E-state index in [0.717, 1.165) is 10.0 Å². The summed E-state index contributed by atoms with van der Waals surface area (Å²) in [5.41, 5.74) is 3.27. The average Bonchev–Trinajstić information content (AvgIpc) is 3.32. The van der Waals surface area contributed by atoms with E-state index in [4.69, 9.17) is 4.74 Å². The van der Waals surface area contributed by atoms with E-state index < -0.39 is 18.7 Å². The number of carbonyl (C=O) groups is 1. The summed E-state index contributed by atoms with van der Waals surface area (Å²) in [5.74, 6) is 0.669. The number of ether oxygens (including phenoxy) is 1. The average molecular weight is 576 g/mol. The molecule has 3 aromatic carbocycles. The Kier molecular flexibility index (Phi) is 7.50. The Balaban J connectivity index is 1.28. The minimum atomic E-state index is -1.25. The summed E-state index contributed by atoms with van der Waals surface area (Å²) in [6.07, 6.45) is 0.408. The van der Waals surface area contributed by atoms with E-state index >= 15 is 0 Å². The highest BCUT2D eigenvalue weighted by Gasteiger charge is 2.20. The predicted molar refractivity (Wildman–Crippen MR) is 147 cm³/mol. The molecule has 2 heterocycles. The third-order valence-corrected chi connectivity index (χ3v) is 6.32. The van der Waals surface area contributed by atoms with Crippen LogP contribution in [0.15, 0.2) is 95.6 Å². The van der Waals surface area contributed by atoms with Crippen molar-refractivity contribution >= 4 is 39.0 Å². The number of aromatic hydroxyl groups is 1. The van der Waals surface area contributed by atoms with Gasteiger partial charge in [0.25, 0.3) is 5.91 Å². The molecule has 1 unspecified atom stereocenters. The summed E-state index contributed by atoms with van der Waals surface area (Å²) < 4.78 is 21.3. The Bertz CT molecular complexity index is 1560. The molecule has 8 nitrogen and oxygen atoms in total. The zero-order valence-corrected chi connectivity index (χ0v) is 21.6. The Hall–Kier alpha value is -4.44. The Morgan fingerprint density at radius 2 is 1.79 bits per heavy atom. The van der Waals surface area contributed by atoms with Crippen molar-refractivity contribution in [2.24, 2.45) is 0 Å². The minimum absolute atomic E-state index is 0.132. The second kappa shape index (κ2) is 11.3. The lowest BCUT2D eigenvalue weighted by atomic mass is 10.1. The minimum Gasteiger partial charge on any atom is -0.507 e. The Morgan fingerprint density at radius 3 is 2.53 bits per heavy atom. The molecule has 1 atom stereocenters. The number of carbonyl (C=O) groups excluding carboxylic acids is 1. The van der Waals surface area contributed by atoms with Crippen molar-refractivity contribution in [3.63, 3.8) is 0 Å². The van der Waals surface area contributed by atoms with Crippen molar-refractivity contribution in [3.05, 3.63) is 101 Å². The lowest BCUT2D eigenvalue weighted by Crippen LogP contribution is -2.34. The van der Waals surface area contributed by atoms with Gasteiger partial charge in [0, 0.05) is 23.9 Å². The van der Waals surface area contributed by atoms with Gasteiger partial charge in [0.2, 0.25) is 6.10 Å². The van der Waals surface area contributed by atoms with Crippen LogP contribution in [0.3, 0.4) is 0 Å². The number of rotatable bonds is 9. The van der Waals surface area contributed by atoms with Crippen molar-refractivity contribution in [3.8, 4) is 22.8 Å². The molecular weight excluding hydrogens is 553 g/mol. The van der Waals surface area contributed by atoms with E-state index in [9.17, 15) is 14.3 Å². The van der Waals surface area contributed by atoms with Gasteiger partial charge in [0.1, 0.15) is 24.0 Å². The van der Waals surface area contributed by atoms with Gasteiger partial charge >= 0.3 is 0 Å². The quantitative estimate of drug-likeness (QED) is 0.204. The van der Waals surface area contributed by atoms with Crippen LogP contribution in [0.25, 0.3) is 16.9 Å². The maximum absolute atomic E-state index is 13.5. The fourth-order valence-corrected chi connectivity index (χ4v) is 4.18. The maximum Gasteiger partial charge on any atom is 0.268 e. The number of halogens is 2. The molecule has 0 bridgehead atoms. The molecule has 0 saturated heterocycles. The standard InChI is InChI=1S/C28H23BrFN5O3/c29-22-17-32-35-26(14-23(34-27(22)35)21-8-4-5-9-24(21)36)31-16-18-10-12-19(13-11-18)33-28(37)25(15-30)38-20-6-2-1-3-7-20/h1-14,17,25,31,36H,15-16H2,(H,33,37). The van der Waals surface area contributed by atoms with Gasteiger partial charge in [0.15, 0.2) is 5.65 Å². The number of benzene rings is 3. The second-order valence-corrected chi connectivity index (χ2v) is 9.24. The van der Waals surface area contributed by atoms with E-state index in [0.29, 0.717) is 40.7 Å². The molecule has 192 valence electrons. The van der Waals surface area contributed by atoms with Crippen LogP contribution in [-0.2, 0) is 11.3 Å². The fourth-order valence-electron chi connectivity index (χ4n) is 3.83. The smallest absolute Gasteiger partial charge is 0.268 e. The molecule has 0 aliphatic rings. The first-order valence-corrected chi connectivity index (χ1v) is 12.5. The Labute approximate surface area is 226 Å². The topological polar surface area (TPSA) is 101 Å². The Morgan fingerprint density at radius 1 is 1.05 bits per heavy atom. The zero-order chi connectivity index (χ0) is 26.5. The first kappa shape index (κ1) is 25.2. The molecule has 1 amide bonds. The molecule has 0 aliphatic heterocycles. The molecule has 0 fully saturated rings. The highest BCUT2D eigenvalue weighted by Crippen LogP contribution is 2.31. The molecule has 3 N–H and O–H groups in total. The summed E-state index contributed by atoms with van der Waals surface area (Å²) in [6.45, 7) is -0.495. The van der Waals surface area contributed by atoms with Gasteiger partial charge < -0.3 is 20.5 Å². The zero-order valence-electron chi connectivity index (χ0n) is 20.0. The van der Waals surface area contributed by atoms with Gasteiger partial charge in [-0.1, -0.05) is 42.5 Å². The molecule has 0 aliphatic carbocycles. The number of phenolic OH excluding ortho intramolecular Hbond substituents is 1. The van der Waals surface area contributed by atoms with Crippen LogP contribution >= 0.6 is 15.9 Å². The largest absolute Gasteiger partial charge is 0.507 e. The number of fused-ring (bicyclic) bond motifs is 1. The van der Waals surface area contributed by atoms with Crippen LogP contribution < -0.4 is 15.4 Å². The van der Waals surface area contributed by atoms with E-state index in [1.165, 1.54) is 0 Å². The molecule has 0 spiro atoms. The SMILES string of the molecule is O=C(Nc1ccc(CNc2cc(-c3ccccc3O)nc3c(Br)cnn23)cc1)C(CF)Oc1ccccc1. The van der Waals surface area contributed by atoms with Crippen molar-refractivity contribution in [2.75, 3.05) is 17.3 Å². The van der Waals surface area contributed by atoms with Gasteiger partial charge in [-0.2, -0.15) is 9.61 Å². The fraction of sp³-hybridized carbons (Fsp3) is 0.107. The number of amides is 1. The van der Waals surface area contributed by atoms with Gasteiger partial charge in [-0.3, -0.25) is 4.79 Å². The molecule has 0 saturated carbocycles.